The molecule has 7 heteroatoms. The summed E-state index contributed by atoms with van der Waals surface area (Å²) >= 11 is 1.65. The second kappa shape index (κ2) is 7.15. The van der Waals surface area contributed by atoms with Gasteiger partial charge in [-0.3, -0.25) is 14.2 Å². The minimum Gasteiger partial charge on any atom is -0.348 e. The number of halogens is 1. The Hall–Kier alpha value is -2.67. The normalized spacial score (nSPS) is 16.1. The first-order chi connectivity index (χ1) is 13.0. The van der Waals surface area contributed by atoms with E-state index in [0.717, 1.165) is 28.2 Å². The summed E-state index contributed by atoms with van der Waals surface area (Å²) < 4.78 is 14.9. The summed E-state index contributed by atoms with van der Waals surface area (Å²) in [5.74, 6) is 0.235. The summed E-state index contributed by atoms with van der Waals surface area (Å²) in [6, 6.07) is 9.80. The summed E-state index contributed by atoms with van der Waals surface area (Å²) in [7, 11) is 0. The highest BCUT2D eigenvalue weighted by Gasteiger charge is 2.23. The maximum absolute atomic E-state index is 13.6. The summed E-state index contributed by atoms with van der Waals surface area (Å²) in [5.41, 5.74) is 2.11. The maximum Gasteiger partial charge on any atom is 0.261 e. The number of nitrogens with one attached hydrogen (secondary N) is 1. The summed E-state index contributed by atoms with van der Waals surface area (Å²) in [5, 5.41) is 3.42. The van der Waals surface area contributed by atoms with Gasteiger partial charge in [0.25, 0.3) is 5.56 Å². The maximum atomic E-state index is 13.6. The Balaban J connectivity index is 1.56. The fourth-order valence-corrected chi connectivity index (χ4v) is 4.47. The molecule has 0 saturated carbocycles. The molecule has 1 aromatic heterocycles. The molecule has 0 radical (unpaired) electrons. The standard InChI is InChI=1S/C20H18FN3O2S/c1-12-3-2-4-14-19(12)22-11-24(20(14)26)10-18(25)23-16-7-8-27-17-6-5-13(21)9-15(16)17/h2-6,9,11,16H,7-8,10H2,1H3,(H,23,25). The second-order valence-electron chi connectivity index (χ2n) is 6.59. The zero-order valence-electron chi connectivity index (χ0n) is 14.7. The number of carbonyl (C=O) groups is 1. The molecule has 0 fully saturated rings. The predicted molar refractivity (Wildman–Crippen MR) is 103 cm³/mol. The molecule has 1 aliphatic heterocycles. The average Bonchev–Trinajstić information content (AvgIpc) is 2.65. The monoisotopic (exact) mass is 383 g/mol. The first-order valence-corrected chi connectivity index (χ1v) is 9.68. The van der Waals surface area contributed by atoms with E-state index in [1.807, 2.05) is 13.0 Å². The summed E-state index contributed by atoms with van der Waals surface area (Å²) in [6.07, 6.45) is 2.12. The Morgan fingerprint density at radius 2 is 2.22 bits per heavy atom. The molecule has 0 saturated heterocycles. The van der Waals surface area contributed by atoms with Crippen LogP contribution in [-0.4, -0.2) is 21.2 Å². The molecule has 5 nitrogen and oxygen atoms in total. The van der Waals surface area contributed by atoms with Gasteiger partial charge in [0.05, 0.1) is 23.3 Å². The van der Waals surface area contributed by atoms with Crippen LogP contribution in [0.15, 0.2) is 52.4 Å². The number of aryl methyl sites for hydroxylation is 1. The van der Waals surface area contributed by atoms with Gasteiger partial charge in [0.15, 0.2) is 0 Å². The molecule has 1 N–H and O–H groups in total. The highest BCUT2D eigenvalue weighted by molar-refractivity contribution is 7.99. The molecule has 4 rings (SSSR count). The van der Waals surface area contributed by atoms with Crippen molar-refractivity contribution in [3.63, 3.8) is 0 Å². The Labute approximate surface area is 159 Å². The number of rotatable bonds is 3. The van der Waals surface area contributed by atoms with E-state index in [0.29, 0.717) is 10.9 Å². The molecular formula is C20H18FN3O2S. The highest BCUT2D eigenvalue weighted by Crippen LogP contribution is 2.36. The van der Waals surface area contributed by atoms with E-state index >= 15 is 0 Å². The fourth-order valence-electron chi connectivity index (χ4n) is 3.36. The number of thioether (sulfide) groups is 1. The van der Waals surface area contributed by atoms with Gasteiger partial charge in [-0.25, -0.2) is 9.37 Å². The molecule has 1 unspecified atom stereocenters. The number of aromatic nitrogens is 2. The van der Waals surface area contributed by atoms with Crippen molar-refractivity contribution >= 4 is 28.6 Å². The van der Waals surface area contributed by atoms with Gasteiger partial charge in [-0.05, 0) is 48.7 Å². The van der Waals surface area contributed by atoms with E-state index in [1.165, 1.54) is 23.0 Å². The minimum atomic E-state index is -0.319. The van der Waals surface area contributed by atoms with Gasteiger partial charge in [-0.1, -0.05) is 12.1 Å². The van der Waals surface area contributed by atoms with E-state index in [4.69, 9.17) is 0 Å². The largest absolute Gasteiger partial charge is 0.348 e. The number of nitrogens with zero attached hydrogens (tertiary/aromatic N) is 2. The Morgan fingerprint density at radius 1 is 1.37 bits per heavy atom. The Bertz CT molecular complexity index is 1100. The second-order valence-corrected chi connectivity index (χ2v) is 7.72. The van der Waals surface area contributed by atoms with E-state index in [9.17, 15) is 14.0 Å². The SMILES string of the molecule is Cc1cccc2c(=O)n(CC(=O)NC3CCSc4ccc(F)cc43)cnc12. The lowest BCUT2D eigenvalue weighted by Crippen LogP contribution is -2.36. The number of para-hydroxylation sites is 1. The highest BCUT2D eigenvalue weighted by atomic mass is 32.2. The minimum absolute atomic E-state index is 0.121. The van der Waals surface area contributed by atoms with Crippen LogP contribution in [0.4, 0.5) is 4.39 Å². The van der Waals surface area contributed by atoms with Crippen LogP contribution in [0.2, 0.25) is 0 Å². The number of amides is 1. The van der Waals surface area contributed by atoms with Crippen LogP contribution >= 0.6 is 11.8 Å². The van der Waals surface area contributed by atoms with Gasteiger partial charge in [0.1, 0.15) is 12.4 Å². The first-order valence-electron chi connectivity index (χ1n) is 8.69. The van der Waals surface area contributed by atoms with E-state index in [1.54, 1.807) is 30.0 Å². The van der Waals surface area contributed by atoms with Crippen LogP contribution in [-0.2, 0) is 11.3 Å². The first kappa shape index (κ1) is 17.7. The molecule has 2 aromatic carbocycles. The molecule has 1 amide bonds. The quantitative estimate of drug-likeness (QED) is 0.754. The van der Waals surface area contributed by atoms with Crippen LogP contribution in [0.3, 0.4) is 0 Å². The number of hydrogen-bond acceptors (Lipinski definition) is 4. The third-order valence-electron chi connectivity index (χ3n) is 4.72. The number of benzene rings is 2. The van der Waals surface area contributed by atoms with Crippen molar-refractivity contribution < 1.29 is 9.18 Å². The van der Waals surface area contributed by atoms with Crippen molar-refractivity contribution in [1.29, 1.82) is 0 Å². The number of hydrogen-bond donors (Lipinski definition) is 1. The molecule has 138 valence electrons. The Morgan fingerprint density at radius 3 is 3.07 bits per heavy atom. The van der Waals surface area contributed by atoms with Gasteiger partial charge in [0, 0.05) is 10.6 Å². The van der Waals surface area contributed by atoms with Crippen molar-refractivity contribution in [2.24, 2.45) is 0 Å². The third kappa shape index (κ3) is 3.47. The van der Waals surface area contributed by atoms with Crippen LogP contribution in [0.5, 0.6) is 0 Å². The molecule has 0 aliphatic carbocycles. The zero-order valence-corrected chi connectivity index (χ0v) is 15.6. The smallest absolute Gasteiger partial charge is 0.261 e. The Kier molecular flexibility index (Phi) is 4.70. The van der Waals surface area contributed by atoms with Gasteiger partial charge >= 0.3 is 0 Å². The molecule has 2 heterocycles. The lowest BCUT2D eigenvalue weighted by molar-refractivity contribution is -0.122. The summed E-state index contributed by atoms with van der Waals surface area (Å²) in [6.45, 7) is 1.77. The summed E-state index contributed by atoms with van der Waals surface area (Å²) in [4.78, 5) is 30.5. The fraction of sp³-hybridized carbons (Fsp3) is 0.250. The molecule has 1 atom stereocenters. The molecule has 1 aliphatic rings. The van der Waals surface area contributed by atoms with E-state index < -0.39 is 0 Å². The van der Waals surface area contributed by atoms with Gasteiger partial charge in [-0.2, -0.15) is 0 Å². The van der Waals surface area contributed by atoms with Crippen LogP contribution in [0.1, 0.15) is 23.6 Å². The van der Waals surface area contributed by atoms with Gasteiger partial charge in [-0.15, -0.1) is 11.8 Å². The molecular weight excluding hydrogens is 365 g/mol. The zero-order chi connectivity index (χ0) is 19.0. The predicted octanol–water partition coefficient (Wildman–Crippen LogP) is 3.20. The van der Waals surface area contributed by atoms with Crippen LogP contribution < -0.4 is 10.9 Å². The van der Waals surface area contributed by atoms with Crippen LogP contribution in [0, 0.1) is 12.7 Å². The lowest BCUT2D eigenvalue weighted by atomic mass is 10.0. The van der Waals surface area contributed by atoms with Gasteiger partial charge < -0.3 is 5.32 Å². The van der Waals surface area contributed by atoms with Crippen molar-refractivity contribution in [2.45, 2.75) is 30.8 Å². The van der Waals surface area contributed by atoms with E-state index in [-0.39, 0.29) is 29.9 Å². The van der Waals surface area contributed by atoms with Crippen molar-refractivity contribution in [3.05, 3.63) is 70.0 Å². The molecule has 27 heavy (non-hydrogen) atoms. The lowest BCUT2D eigenvalue weighted by Gasteiger charge is -2.26. The van der Waals surface area contributed by atoms with Crippen molar-refractivity contribution in [3.8, 4) is 0 Å². The topological polar surface area (TPSA) is 64.0 Å². The molecule has 3 aromatic rings. The van der Waals surface area contributed by atoms with Gasteiger partial charge in [0.2, 0.25) is 5.91 Å². The van der Waals surface area contributed by atoms with Crippen molar-refractivity contribution in [1.82, 2.24) is 14.9 Å². The van der Waals surface area contributed by atoms with Crippen molar-refractivity contribution in [2.75, 3.05) is 5.75 Å². The van der Waals surface area contributed by atoms with Crippen LogP contribution in [0.25, 0.3) is 10.9 Å². The average molecular weight is 383 g/mol. The van der Waals surface area contributed by atoms with E-state index in [2.05, 4.69) is 10.3 Å². The molecule has 0 spiro atoms. The molecule has 0 bridgehead atoms. The number of fused-ring (bicyclic) bond motifs is 2. The number of carbonyl (C=O) groups excluding carboxylic acids is 1. The third-order valence-corrected chi connectivity index (χ3v) is 5.84.